The normalized spacial score (nSPS) is 11.6. The van der Waals surface area contributed by atoms with Gasteiger partial charge in [0.25, 0.3) is 0 Å². The number of para-hydroxylation sites is 1. The van der Waals surface area contributed by atoms with Gasteiger partial charge in [0.15, 0.2) is 0 Å². The first-order valence-corrected chi connectivity index (χ1v) is 8.09. The third kappa shape index (κ3) is 6.42. The number of rotatable bonds is 10. The molecule has 0 aliphatic rings. The van der Waals surface area contributed by atoms with Crippen molar-refractivity contribution in [2.45, 2.75) is 52.9 Å². The van der Waals surface area contributed by atoms with Crippen molar-refractivity contribution in [1.82, 2.24) is 0 Å². The first-order valence-electron chi connectivity index (χ1n) is 8.09. The van der Waals surface area contributed by atoms with E-state index in [2.05, 4.69) is 56.0 Å². The molecule has 0 aliphatic heterocycles. The molecule has 2 nitrogen and oxygen atoms in total. The largest absolute Gasteiger partial charge is 0.372 e. The van der Waals surface area contributed by atoms with E-state index in [0.717, 1.165) is 13.1 Å². The lowest BCUT2D eigenvalue weighted by molar-refractivity contribution is 0.333. The van der Waals surface area contributed by atoms with Crippen LogP contribution in [0.2, 0.25) is 0 Å². The number of nitrogens with zero attached hydrogens (tertiary/aromatic N) is 1. The molecule has 0 amide bonds. The minimum atomic E-state index is 0.293. The summed E-state index contributed by atoms with van der Waals surface area (Å²) >= 11 is 0. The molecule has 0 saturated heterocycles. The second-order valence-electron chi connectivity index (χ2n) is 6.50. The Morgan fingerprint density at radius 2 is 1.65 bits per heavy atom. The Morgan fingerprint density at radius 1 is 1.00 bits per heavy atom. The summed E-state index contributed by atoms with van der Waals surface area (Å²) in [5.74, 6) is 0. The molecule has 0 bridgehead atoms. The molecule has 20 heavy (non-hydrogen) atoms. The zero-order valence-corrected chi connectivity index (χ0v) is 13.6. The average Bonchev–Trinajstić information content (AvgIpc) is 2.47. The highest BCUT2D eigenvalue weighted by Crippen LogP contribution is 2.22. The predicted molar refractivity (Wildman–Crippen MR) is 90.2 cm³/mol. The van der Waals surface area contributed by atoms with Gasteiger partial charge in [-0.2, -0.15) is 0 Å². The minimum Gasteiger partial charge on any atom is -0.372 e. The van der Waals surface area contributed by atoms with Gasteiger partial charge >= 0.3 is 0 Å². The van der Waals surface area contributed by atoms with Crippen LogP contribution in [0.15, 0.2) is 30.3 Å². The Hall–Kier alpha value is -1.02. The van der Waals surface area contributed by atoms with E-state index in [0.29, 0.717) is 5.41 Å². The van der Waals surface area contributed by atoms with E-state index in [4.69, 9.17) is 5.73 Å². The fourth-order valence-electron chi connectivity index (χ4n) is 2.37. The van der Waals surface area contributed by atoms with Crippen LogP contribution < -0.4 is 10.6 Å². The Balaban J connectivity index is 2.42. The van der Waals surface area contributed by atoms with E-state index in [1.165, 1.54) is 44.3 Å². The fraction of sp³-hybridized carbons (Fsp3) is 0.667. The Kier molecular flexibility index (Phi) is 7.68. The smallest absolute Gasteiger partial charge is 0.0366 e. The van der Waals surface area contributed by atoms with E-state index in [1.807, 2.05) is 0 Å². The third-order valence-electron chi connectivity index (χ3n) is 3.99. The van der Waals surface area contributed by atoms with Crippen LogP contribution in [0.5, 0.6) is 0 Å². The molecule has 0 aromatic heterocycles. The van der Waals surface area contributed by atoms with Crippen LogP contribution >= 0.6 is 0 Å². The lowest BCUT2D eigenvalue weighted by Crippen LogP contribution is -2.27. The lowest BCUT2D eigenvalue weighted by atomic mass is 9.87. The second kappa shape index (κ2) is 9.02. The molecule has 0 radical (unpaired) electrons. The van der Waals surface area contributed by atoms with Crippen molar-refractivity contribution in [2.75, 3.05) is 24.5 Å². The summed E-state index contributed by atoms with van der Waals surface area (Å²) in [7, 11) is 0. The van der Waals surface area contributed by atoms with Gasteiger partial charge in [-0.3, -0.25) is 0 Å². The molecule has 0 aliphatic carbocycles. The molecule has 1 aromatic carbocycles. The molecule has 2 heteroatoms. The van der Waals surface area contributed by atoms with Crippen LogP contribution in [0, 0.1) is 5.41 Å². The maximum absolute atomic E-state index is 5.79. The molecule has 0 spiro atoms. The molecule has 0 heterocycles. The predicted octanol–water partition coefficient (Wildman–Crippen LogP) is 4.45. The van der Waals surface area contributed by atoms with Gasteiger partial charge < -0.3 is 10.6 Å². The van der Waals surface area contributed by atoms with E-state index in [1.54, 1.807) is 0 Å². The highest BCUT2D eigenvalue weighted by molar-refractivity contribution is 5.45. The van der Waals surface area contributed by atoms with Crippen LogP contribution in [-0.4, -0.2) is 19.6 Å². The van der Waals surface area contributed by atoms with Gasteiger partial charge in [0, 0.05) is 18.8 Å². The van der Waals surface area contributed by atoms with E-state index in [-0.39, 0.29) is 0 Å². The maximum atomic E-state index is 5.79. The molecule has 2 N–H and O–H groups in total. The van der Waals surface area contributed by atoms with Crippen molar-refractivity contribution in [3.05, 3.63) is 30.3 Å². The Morgan fingerprint density at radius 3 is 2.25 bits per heavy atom. The summed E-state index contributed by atoms with van der Waals surface area (Å²) in [6, 6.07) is 10.8. The van der Waals surface area contributed by atoms with Crippen molar-refractivity contribution in [1.29, 1.82) is 0 Å². The number of benzene rings is 1. The molecular weight excluding hydrogens is 244 g/mol. The second-order valence-corrected chi connectivity index (χ2v) is 6.50. The van der Waals surface area contributed by atoms with Crippen molar-refractivity contribution in [3.8, 4) is 0 Å². The van der Waals surface area contributed by atoms with Crippen LogP contribution in [0.1, 0.15) is 52.9 Å². The fourth-order valence-corrected chi connectivity index (χ4v) is 2.37. The van der Waals surface area contributed by atoms with E-state index in [9.17, 15) is 0 Å². The molecule has 114 valence electrons. The standard InChI is InChI=1S/C18H32N2/c1-4-5-14-20(17-11-7-6-8-12-17)15-10-9-13-18(2,3)16-19/h6-8,11-12H,4-5,9-10,13-16,19H2,1-3H3. The van der Waals surface area contributed by atoms with Gasteiger partial charge in [0.05, 0.1) is 0 Å². The molecule has 0 saturated carbocycles. The van der Waals surface area contributed by atoms with Crippen LogP contribution in [0.3, 0.4) is 0 Å². The van der Waals surface area contributed by atoms with Crippen molar-refractivity contribution in [3.63, 3.8) is 0 Å². The van der Waals surface area contributed by atoms with Crippen molar-refractivity contribution < 1.29 is 0 Å². The number of nitrogens with two attached hydrogens (primary N) is 1. The molecule has 1 rings (SSSR count). The van der Waals surface area contributed by atoms with Gasteiger partial charge in [0.2, 0.25) is 0 Å². The summed E-state index contributed by atoms with van der Waals surface area (Å²) in [5, 5.41) is 0. The molecule has 0 atom stereocenters. The number of unbranched alkanes of at least 4 members (excludes halogenated alkanes) is 2. The SMILES string of the molecule is CCCCN(CCCCC(C)(C)CN)c1ccccc1. The quantitative estimate of drug-likeness (QED) is 0.640. The number of anilines is 1. The number of hydrogen-bond acceptors (Lipinski definition) is 2. The highest BCUT2D eigenvalue weighted by Gasteiger charge is 2.14. The summed E-state index contributed by atoms with van der Waals surface area (Å²) in [6.45, 7) is 9.89. The van der Waals surface area contributed by atoms with Crippen LogP contribution in [0.4, 0.5) is 5.69 Å². The first kappa shape index (κ1) is 17.0. The van der Waals surface area contributed by atoms with E-state index >= 15 is 0 Å². The summed E-state index contributed by atoms with van der Waals surface area (Å²) in [6.07, 6.45) is 6.26. The van der Waals surface area contributed by atoms with Gasteiger partial charge in [0.1, 0.15) is 0 Å². The zero-order chi connectivity index (χ0) is 14.8. The lowest BCUT2D eigenvalue weighted by Gasteiger charge is -2.26. The Bertz CT molecular complexity index is 346. The van der Waals surface area contributed by atoms with Crippen molar-refractivity contribution >= 4 is 5.69 Å². The highest BCUT2D eigenvalue weighted by atomic mass is 15.1. The molecule has 0 unspecified atom stereocenters. The topological polar surface area (TPSA) is 29.3 Å². The minimum absolute atomic E-state index is 0.293. The third-order valence-corrected chi connectivity index (χ3v) is 3.99. The van der Waals surface area contributed by atoms with Crippen LogP contribution in [0.25, 0.3) is 0 Å². The first-order chi connectivity index (χ1) is 9.59. The van der Waals surface area contributed by atoms with Gasteiger partial charge in [-0.15, -0.1) is 0 Å². The van der Waals surface area contributed by atoms with E-state index < -0.39 is 0 Å². The van der Waals surface area contributed by atoms with Gasteiger partial charge in [-0.1, -0.05) is 51.8 Å². The van der Waals surface area contributed by atoms with Crippen LogP contribution in [-0.2, 0) is 0 Å². The summed E-state index contributed by atoms with van der Waals surface area (Å²) in [5.41, 5.74) is 7.45. The number of hydrogen-bond donors (Lipinski definition) is 1. The van der Waals surface area contributed by atoms with Gasteiger partial charge in [-0.05, 0) is 43.4 Å². The maximum Gasteiger partial charge on any atom is 0.0366 e. The average molecular weight is 276 g/mol. The Labute approximate surface area is 125 Å². The summed E-state index contributed by atoms with van der Waals surface area (Å²) in [4.78, 5) is 2.53. The molecular formula is C18H32N2. The monoisotopic (exact) mass is 276 g/mol. The van der Waals surface area contributed by atoms with Gasteiger partial charge in [-0.25, -0.2) is 0 Å². The summed E-state index contributed by atoms with van der Waals surface area (Å²) < 4.78 is 0. The molecule has 1 aromatic rings. The van der Waals surface area contributed by atoms with Crippen molar-refractivity contribution in [2.24, 2.45) is 11.1 Å². The molecule has 0 fully saturated rings. The zero-order valence-electron chi connectivity index (χ0n) is 13.6.